The van der Waals surface area contributed by atoms with E-state index in [1.165, 1.54) is 0 Å². The second-order valence-electron chi connectivity index (χ2n) is 18.3. The van der Waals surface area contributed by atoms with Crippen LogP contribution in [0, 0.1) is 6.33 Å². The predicted molar refractivity (Wildman–Crippen MR) is 287 cm³/mol. The van der Waals surface area contributed by atoms with Crippen LogP contribution in [0.4, 0.5) is 0 Å². The predicted octanol–water partition coefficient (Wildman–Crippen LogP) is 15.8. The number of para-hydroxylation sites is 7. The summed E-state index contributed by atoms with van der Waals surface area (Å²) in [5.41, 5.74) is 8.71. The molecule has 13 aromatic rings. The van der Waals surface area contributed by atoms with Crippen LogP contribution < -0.4 is 4.57 Å². The van der Waals surface area contributed by atoms with Crippen molar-refractivity contribution in [2.45, 2.75) is 26.2 Å². The number of pyridine rings is 1. The molecule has 0 aliphatic carbocycles. The molecule has 0 unspecified atom stereocenters. The fourth-order valence-corrected chi connectivity index (χ4v) is 9.83. The molecule has 0 saturated carbocycles. The third-order valence-electron chi connectivity index (χ3n) is 13.1. The smallest absolute Gasteiger partial charge is 0.269 e. The molecule has 4 heterocycles. The Hall–Kier alpha value is -9.00. The fourth-order valence-electron chi connectivity index (χ4n) is 9.83. The SMILES string of the molecule is [2H]c1c([2H])c([2H])c(-c2cccc(-c3c([2H])c([2H])c([2H])c([2H])c3[2H])c2-[n+]2[c-]n(-c3ccc4c5ccccc5oc5ccccc5n(-c5ccc6c7ccccc7n(-c7cc(C(C)(C)C)ccn7)c6c5)c4c3)c3ccccc32)c([2H])c1[2H]. The van der Waals surface area contributed by atoms with Crippen molar-refractivity contribution in [1.82, 2.24) is 18.7 Å². The number of imidazole rings is 1. The molecule has 0 atom stereocenters. The van der Waals surface area contributed by atoms with Gasteiger partial charge in [-0.25, -0.2) is 4.98 Å². The van der Waals surface area contributed by atoms with Gasteiger partial charge in [0.2, 0.25) is 0 Å². The summed E-state index contributed by atoms with van der Waals surface area (Å²) in [7, 11) is 0. The number of aromatic nitrogens is 5. The molecule has 70 heavy (non-hydrogen) atoms. The molecule has 0 fully saturated rings. The maximum absolute atomic E-state index is 9.19. The van der Waals surface area contributed by atoms with E-state index in [2.05, 4.69) is 96.9 Å². The van der Waals surface area contributed by atoms with Gasteiger partial charge in [-0.1, -0.05) is 184 Å². The molecule has 0 saturated heterocycles. The molecule has 9 aromatic carbocycles. The van der Waals surface area contributed by atoms with Crippen molar-refractivity contribution < 1.29 is 22.7 Å². The van der Waals surface area contributed by atoms with Crippen molar-refractivity contribution in [1.29, 1.82) is 0 Å². The lowest BCUT2D eigenvalue weighted by Crippen LogP contribution is -2.31. The molecule has 13 rings (SSSR count). The number of benzene rings is 9. The monoisotopic (exact) mass is 911 g/mol. The van der Waals surface area contributed by atoms with E-state index in [1.54, 1.807) is 22.8 Å². The fraction of sp³-hybridized carbons (Fsp3) is 0.0625. The summed E-state index contributed by atoms with van der Waals surface area (Å²) in [4.78, 5) is 4.98. The molecule has 4 aromatic heterocycles. The summed E-state index contributed by atoms with van der Waals surface area (Å²) in [5.74, 6) is 0.792. The van der Waals surface area contributed by atoms with Crippen LogP contribution in [-0.4, -0.2) is 18.7 Å². The highest BCUT2D eigenvalue weighted by Crippen LogP contribution is 2.38. The molecule has 0 spiro atoms. The van der Waals surface area contributed by atoms with Crippen molar-refractivity contribution in [3.8, 4) is 45.1 Å². The average Bonchev–Trinajstić information content (AvgIpc) is 4.15. The highest BCUT2D eigenvalue weighted by Gasteiger charge is 2.22. The van der Waals surface area contributed by atoms with Gasteiger partial charge in [-0.15, -0.1) is 0 Å². The first-order valence-electron chi connectivity index (χ1n) is 28.1. The minimum Gasteiger partial charge on any atom is -0.455 e. The molecule has 0 aliphatic rings. The van der Waals surface area contributed by atoms with E-state index in [9.17, 15) is 5.48 Å². The zero-order valence-electron chi connectivity index (χ0n) is 48.3. The number of fused-ring (bicyclic) bond motifs is 8. The summed E-state index contributed by atoms with van der Waals surface area (Å²) in [6.07, 6.45) is 5.46. The maximum atomic E-state index is 9.19. The number of rotatable bonds is 6. The van der Waals surface area contributed by atoms with E-state index in [-0.39, 0.29) is 33.4 Å². The van der Waals surface area contributed by atoms with Gasteiger partial charge in [0.05, 0.1) is 58.2 Å². The molecule has 0 amide bonds. The van der Waals surface area contributed by atoms with Crippen LogP contribution >= 0.6 is 0 Å². The van der Waals surface area contributed by atoms with Crippen molar-refractivity contribution in [2.24, 2.45) is 0 Å². The van der Waals surface area contributed by atoms with Gasteiger partial charge in [0.25, 0.3) is 6.33 Å². The molecule has 0 N–H and O–H groups in total. The van der Waals surface area contributed by atoms with Gasteiger partial charge in [0.15, 0.2) is 5.58 Å². The van der Waals surface area contributed by atoms with Gasteiger partial charge < -0.3 is 8.98 Å². The van der Waals surface area contributed by atoms with Crippen molar-refractivity contribution in [3.05, 3.63) is 242 Å². The van der Waals surface area contributed by atoms with Gasteiger partial charge in [-0.05, 0) is 93.9 Å². The minimum atomic E-state index is -0.571. The van der Waals surface area contributed by atoms with Gasteiger partial charge in [-0.3, -0.25) is 13.7 Å². The molecule has 0 bridgehead atoms. The average molecular weight is 912 g/mol. The largest absolute Gasteiger partial charge is 0.455 e. The van der Waals surface area contributed by atoms with Crippen LogP contribution in [0.2, 0.25) is 0 Å². The number of hydrogen-bond donors (Lipinski definition) is 0. The molecular formula is C64H47N5O. The zero-order chi connectivity index (χ0) is 55.6. The Morgan fingerprint density at radius 1 is 0.500 bits per heavy atom. The Labute approximate surface area is 419 Å². The Kier molecular flexibility index (Phi) is 7.45. The Bertz CT molecular complexity index is 4710. The number of nitrogens with zero attached hydrogens (tertiary/aromatic N) is 5. The lowest BCUT2D eigenvalue weighted by atomic mass is 9.88. The zero-order valence-corrected chi connectivity index (χ0v) is 38.3. The first kappa shape index (κ1) is 31.9. The second kappa shape index (κ2) is 16.4. The Morgan fingerprint density at radius 3 is 1.80 bits per heavy atom. The van der Waals surface area contributed by atoms with Crippen molar-refractivity contribution in [2.75, 3.05) is 0 Å². The quantitative estimate of drug-likeness (QED) is 0.123. The summed E-state index contributed by atoms with van der Waals surface area (Å²) in [6.45, 7) is 6.59. The first-order valence-corrected chi connectivity index (χ1v) is 23.1. The topological polar surface area (TPSA) is 44.7 Å². The summed E-state index contributed by atoms with van der Waals surface area (Å²) < 4.78 is 103. The molecular weight excluding hydrogens is 855 g/mol. The van der Waals surface area contributed by atoms with E-state index >= 15 is 0 Å². The minimum absolute atomic E-state index is 0.129. The standard InChI is InChI=1S/C64H47N5O/c1-64(2,3)45-37-38-65-62(39-45)69-54-27-12-10-23-50(54)51-36-34-47(41-59(51)69)68-57-30-15-17-32-61(57)70-60-31-16-11-24-53(60)52-35-33-46(40-58(52)68)66-42-67(56-29-14-13-28-55(56)66)63-48(43-19-6-4-7-20-43)25-18-26-49(63)44-21-8-5-9-22-44/h4-41H,1-3H3/i4D,5D,6D,7D,8D,9D,19D,20D,21D,22D. The molecule has 6 nitrogen and oxygen atoms in total. The highest BCUT2D eigenvalue weighted by molar-refractivity contribution is 6.10. The van der Waals surface area contributed by atoms with Gasteiger partial charge in [-0.2, -0.15) is 0 Å². The summed E-state index contributed by atoms with van der Waals surface area (Å²) >= 11 is 0. The van der Waals surface area contributed by atoms with Crippen LogP contribution in [0.15, 0.2) is 235 Å². The van der Waals surface area contributed by atoms with E-state index in [0.29, 0.717) is 27.9 Å². The van der Waals surface area contributed by atoms with Crippen molar-refractivity contribution >= 4 is 65.8 Å². The van der Waals surface area contributed by atoms with Crippen molar-refractivity contribution in [3.63, 3.8) is 0 Å². The van der Waals surface area contributed by atoms with E-state index in [4.69, 9.17) is 17.6 Å². The van der Waals surface area contributed by atoms with Gasteiger partial charge >= 0.3 is 0 Å². The van der Waals surface area contributed by atoms with Crippen LogP contribution in [-0.2, 0) is 5.41 Å². The third-order valence-corrected chi connectivity index (χ3v) is 13.1. The summed E-state index contributed by atoms with van der Waals surface area (Å²) in [6, 6.07) is 48.1. The Morgan fingerprint density at radius 2 is 1.07 bits per heavy atom. The van der Waals surface area contributed by atoms with Crippen LogP contribution in [0.5, 0.6) is 0 Å². The molecule has 0 radical (unpaired) electrons. The van der Waals surface area contributed by atoms with Crippen LogP contribution in [0.25, 0.3) is 111 Å². The third kappa shape index (κ3) is 6.79. The van der Waals surface area contributed by atoms with E-state index < -0.39 is 60.4 Å². The second-order valence-corrected chi connectivity index (χ2v) is 18.3. The maximum Gasteiger partial charge on any atom is 0.269 e. The Balaban J connectivity index is 1.14. The molecule has 0 aliphatic heterocycles. The van der Waals surface area contributed by atoms with Gasteiger partial charge in [0, 0.05) is 33.4 Å². The van der Waals surface area contributed by atoms with Crippen LogP contribution in [0.3, 0.4) is 0 Å². The van der Waals surface area contributed by atoms with Gasteiger partial charge in [0.1, 0.15) is 11.4 Å². The number of hydrogen-bond acceptors (Lipinski definition) is 2. The molecule has 334 valence electrons. The van der Waals surface area contributed by atoms with E-state index in [0.717, 1.165) is 60.7 Å². The summed E-state index contributed by atoms with van der Waals surface area (Å²) in [5, 5.41) is 3.84. The normalized spacial score (nSPS) is 13.9. The lowest BCUT2D eigenvalue weighted by molar-refractivity contribution is -0.571. The first-order chi connectivity index (χ1) is 38.5. The molecule has 6 heteroatoms. The lowest BCUT2D eigenvalue weighted by Gasteiger charge is -2.20. The highest BCUT2D eigenvalue weighted by atomic mass is 16.3. The van der Waals surface area contributed by atoms with Crippen LogP contribution in [0.1, 0.15) is 40.0 Å². The van der Waals surface area contributed by atoms with E-state index in [1.807, 2.05) is 95.7 Å².